The van der Waals surface area contributed by atoms with Gasteiger partial charge in [0.2, 0.25) is 0 Å². The van der Waals surface area contributed by atoms with Crippen LogP contribution in [-0.2, 0) is 0 Å². The first kappa shape index (κ1) is 13.3. The van der Waals surface area contributed by atoms with Crippen molar-refractivity contribution in [1.82, 2.24) is 9.78 Å². The zero-order chi connectivity index (χ0) is 12.1. The van der Waals surface area contributed by atoms with Crippen molar-refractivity contribution in [2.75, 3.05) is 0 Å². The molecule has 0 N–H and O–H groups in total. The summed E-state index contributed by atoms with van der Waals surface area (Å²) >= 11 is 9.45. The number of nitrogens with zero attached hydrogens (tertiary/aromatic N) is 2. The van der Waals surface area contributed by atoms with Gasteiger partial charge in [0.05, 0.1) is 10.7 Å². The molecule has 0 amide bonds. The molecule has 0 aliphatic carbocycles. The molecule has 0 atom stereocenters. The fraction of sp³-hybridized carbons (Fsp3) is 0.250. The van der Waals surface area contributed by atoms with Crippen LogP contribution in [0.5, 0.6) is 0 Å². The fourth-order valence-electron chi connectivity index (χ4n) is 1.24. The highest BCUT2D eigenvalue weighted by atomic mass is 79.9. The lowest BCUT2D eigenvalue weighted by Crippen LogP contribution is -1.91. The molecule has 0 saturated heterocycles. The van der Waals surface area contributed by atoms with Gasteiger partial charge in [-0.3, -0.25) is 0 Å². The molecule has 1 rings (SSSR count). The molecule has 0 aromatic carbocycles. The van der Waals surface area contributed by atoms with Crippen LogP contribution in [-0.4, -0.2) is 9.78 Å². The largest absolute Gasteiger partial charge is 0.245 e. The van der Waals surface area contributed by atoms with Crippen LogP contribution in [0.2, 0.25) is 0 Å². The molecule has 0 saturated carbocycles. The zero-order valence-corrected chi connectivity index (χ0v) is 11.9. The van der Waals surface area contributed by atoms with E-state index in [1.54, 1.807) is 4.68 Å². The first-order chi connectivity index (χ1) is 7.54. The molecule has 0 fully saturated rings. The third kappa shape index (κ3) is 3.65. The number of aryl methyl sites for hydroxylation is 2. The van der Waals surface area contributed by atoms with Crippen molar-refractivity contribution in [1.29, 1.82) is 0 Å². The second-order valence-electron chi connectivity index (χ2n) is 3.38. The summed E-state index contributed by atoms with van der Waals surface area (Å²) in [5.41, 5.74) is 2.08. The summed E-state index contributed by atoms with van der Waals surface area (Å²) in [5, 5.41) is 4.95. The van der Waals surface area contributed by atoms with Gasteiger partial charge in [0.25, 0.3) is 0 Å². The lowest BCUT2D eigenvalue weighted by atomic mass is 10.4. The normalized spacial score (nSPS) is 13.8. The Labute approximate surface area is 109 Å². The Balaban J connectivity index is 2.89. The molecule has 0 aliphatic rings. The summed E-state index contributed by atoms with van der Waals surface area (Å²) < 4.78 is 2.66. The van der Waals surface area contributed by atoms with E-state index in [9.17, 15) is 0 Å². The van der Waals surface area contributed by atoms with Crippen molar-refractivity contribution in [3.05, 3.63) is 45.2 Å². The van der Waals surface area contributed by atoms with E-state index in [1.165, 1.54) is 0 Å². The molecule has 0 bridgehead atoms. The molecule has 16 heavy (non-hydrogen) atoms. The Morgan fingerprint density at radius 2 is 2.12 bits per heavy atom. The number of halogens is 2. The van der Waals surface area contributed by atoms with Crippen molar-refractivity contribution >= 4 is 33.7 Å². The molecule has 0 spiro atoms. The SMILES string of the molecule is C\C=C/C(Br)=C(Cl)\C=C\n1nc(C)cc1C. The first-order valence-electron chi connectivity index (χ1n) is 4.93. The maximum absolute atomic E-state index is 6.07. The lowest BCUT2D eigenvalue weighted by molar-refractivity contribution is 0.880. The summed E-state index contributed by atoms with van der Waals surface area (Å²) in [6, 6.07) is 2.02. The van der Waals surface area contributed by atoms with E-state index in [4.69, 9.17) is 11.6 Å². The highest BCUT2D eigenvalue weighted by molar-refractivity contribution is 9.12. The Hall–Kier alpha value is -0.800. The van der Waals surface area contributed by atoms with Gasteiger partial charge >= 0.3 is 0 Å². The summed E-state index contributed by atoms with van der Waals surface area (Å²) in [6.45, 7) is 5.91. The molecule has 0 aliphatic heterocycles. The van der Waals surface area contributed by atoms with Crippen molar-refractivity contribution in [3.8, 4) is 0 Å². The van der Waals surface area contributed by atoms with Crippen LogP contribution in [0.1, 0.15) is 18.3 Å². The van der Waals surface area contributed by atoms with Crippen molar-refractivity contribution in [3.63, 3.8) is 0 Å². The summed E-state index contributed by atoms with van der Waals surface area (Å²) in [6.07, 6.45) is 7.47. The minimum absolute atomic E-state index is 0.644. The molecular formula is C12H14BrClN2. The third-order valence-corrected chi connectivity index (χ3v) is 3.20. The van der Waals surface area contributed by atoms with Crippen molar-refractivity contribution < 1.29 is 0 Å². The van der Waals surface area contributed by atoms with Crippen molar-refractivity contribution in [2.24, 2.45) is 0 Å². The number of rotatable bonds is 3. The van der Waals surface area contributed by atoms with Gasteiger partial charge in [-0.15, -0.1) is 0 Å². The summed E-state index contributed by atoms with van der Waals surface area (Å²) in [4.78, 5) is 0. The molecule has 0 unspecified atom stereocenters. The monoisotopic (exact) mass is 300 g/mol. The van der Waals surface area contributed by atoms with Crippen LogP contribution in [0.3, 0.4) is 0 Å². The van der Waals surface area contributed by atoms with Gasteiger partial charge in [-0.2, -0.15) is 5.10 Å². The number of hydrogen-bond donors (Lipinski definition) is 0. The Kier molecular flexibility index (Phi) is 5.03. The minimum Gasteiger partial charge on any atom is -0.245 e. The van der Waals surface area contributed by atoms with Crippen LogP contribution in [0.15, 0.2) is 33.8 Å². The molecular weight excluding hydrogens is 288 g/mol. The molecule has 1 aromatic rings. The van der Waals surface area contributed by atoms with Gasteiger partial charge in [-0.05, 0) is 48.8 Å². The van der Waals surface area contributed by atoms with E-state index in [0.717, 1.165) is 15.9 Å². The van der Waals surface area contributed by atoms with Gasteiger partial charge < -0.3 is 0 Å². The lowest BCUT2D eigenvalue weighted by Gasteiger charge is -1.96. The van der Waals surface area contributed by atoms with E-state index in [1.807, 2.05) is 51.3 Å². The molecule has 1 heterocycles. The second-order valence-corrected chi connectivity index (χ2v) is 4.64. The van der Waals surface area contributed by atoms with Crippen LogP contribution < -0.4 is 0 Å². The number of hydrogen-bond acceptors (Lipinski definition) is 1. The van der Waals surface area contributed by atoms with Gasteiger partial charge in [0.1, 0.15) is 0 Å². The number of aromatic nitrogens is 2. The summed E-state index contributed by atoms with van der Waals surface area (Å²) in [7, 11) is 0. The average molecular weight is 302 g/mol. The smallest absolute Gasteiger partial charge is 0.0600 e. The minimum atomic E-state index is 0.644. The van der Waals surface area contributed by atoms with Crippen LogP contribution in [0.25, 0.3) is 6.20 Å². The topological polar surface area (TPSA) is 17.8 Å². The van der Waals surface area contributed by atoms with Crippen molar-refractivity contribution in [2.45, 2.75) is 20.8 Å². The van der Waals surface area contributed by atoms with E-state index in [-0.39, 0.29) is 0 Å². The van der Waals surface area contributed by atoms with E-state index in [0.29, 0.717) is 5.03 Å². The van der Waals surface area contributed by atoms with E-state index in [2.05, 4.69) is 21.0 Å². The first-order valence-corrected chi connectivity index (χ1v) is 6.10. The zero-order valence-electron chi connectivity index (χ0n) is 9.54. The highest BCUT2D eigenvalue weighted by Crippen LogP contribution is 2.19. The van der Waals surface area contributed by atoms with Gasteiger partial charge in [0.15, 0.2) is 0 Å². The fourth-order valence-corrected chi connectivity index (χ4v) is 1.75. The van der Waals surface area contributed by atoms with Crippen LogP contribution >= 0.6 is 27.5 Å². The van der Waals surface area contributed by atoms with E-state index < -0.39 is 0 Å². The molecule has 86 valence electrons. The maximum Gasteiger partial charge on any atom is 0.0600 e. The van der Waals surface area contributed by atoms with Gasteiger partial charge in [-0.25, -0.2) is 4.68 Å². The maximum atomic E-state index is 6.07. The number of allylic oxidation sites excluding steroid dienone is 5. The van der Waals surface area contributed by atoms with Gasteiger partial charge in [-0.1, -0.05) is 23.8 Å². The highest BCUT2D eigenvalue weighted by Gasteiger charge is 1.97. The standard InChI is InChI=1S/C12H14BrClN2/c1-4-5-11(13)12(14)6-7-16-10(3)8-9(2)15-16/h4-8H,1-3H3/b5-4-,7-6+,12-11-. The Morgan fingerprint density at radius 3 is 2.62 bits per heavy atom. The van der Waals surface area contributed by atoms with E-state index >= 15 is 0 Å². The molecule has 1 aromatic heterocycles. The quantitative estimate of drug-likeness (QED) is 0.757. The van der Waals surface area contributed by atoms with Crippen LogP contribution in [0.4, 0.5) is 0 Å². The third-order valence-electron chi connectivity index (χ3n) is 1.95. The predicted octanol–water partition coefficient (Wildman–Crippen LogP) is 4.39. The predicted molar refractivity (Wildman–Crippen MR) is 73.7 cm³/mol. The Morgan fingerprint density at radius 1 is 1.44 bits per heavy atom. The molecule has 0 radical (unpaired) electrons. The van der Waals surface area contributed by atoms with Crippen LogP contribution in [0, 0.1) is 13.8 Å². The molecule has 2 nitrogen and oxygen atoms in total. The second kappa shape index (κ2) is 6.06. The van der Waals surface area contributed by atoms with Gasteiger partial charge in [0, 0.05) is 16.4 Å². The Bertz CT molecular complexity index is 456. The summed E-state index contributed by atoms with van der Waals surface area (Å²) in [5.74, 6) is 0. The molecule has 4 heteroatoms. The average Bonchev–Trinajstić information content (AvgIpc) is 2.54.